The SMILES string of the molecule is COC(=O)N1CCN(C(=O)Cc2ccc3c(c2)CCC3)CC1. The number of fused-ring (bicyclic) bond motifs is 1. The van der Waals surface area contributed by atoms with Crippen molar-refractivity contribution in [2.24, 2.45) is 0 Å². The normalized spacial score (nSPS) is 17.3. The Morgan fingerprint density at radius 2 is 1.73 bits per heavy atom. The highest BCUT2D eigenvalue weighted by atomic mass is 16.5. The van der Waals surface area contributed by atoms with Gasteiger partial charge in [0.1, 0.15) is 0 Å². The van der Waals surface area contributed by atoms with Crippen LogP contribution < -0.4 is 0 Å². The molecular weight excluding hydrogens is 280 g/mol. The third-order valence-corrected chi connectivity index (χ3v) is 4.58. The third-order valence-electron chi connectivity index (χ3n) is 4.58. The summed E-state index contributed by atoms with van der Waals surface area (Å²) < 4.78 is 4.71. The molecule has 1 aliphatic heterocycles. The van der Waals surface area contributed by atoms with Crippen molar-refractivity contribution in [2.75, 3.05) is 33.3 Å². The molecule has 1 aromatic carbocycles. The number of hydrogen-bond donors (Lipinski definition) is 0. The van der Waals surface area contributed by atoms with Crippen LogP contribution in [0, 0.1) is 0 Å². The Hall–Kier alpha value is -2.04. The summed E-state index contributed by atoms with van der Waals surface area (Å²) in [6.07, 6.45) is 3.66. The lowest BCUT2D eigenvalue weighted by Crippen LogP contribution is -2.50. The Morgan fingerprint density at radius 3 is 2.45 bits per heavy atom. The number of nitrogens with zero attached hydrogens (tertiary/aromatic N) is 2. The molecule has 3 rings (SSSR count). The second kappa shape index (κ2) is 6.38. The average molecular weight is 302 g/mol. The number of amides is 2. The summed E-state index contributed by atoms with van der Waals surface area (Å²) in [6, 6.07) is 6.43. The Balaban J connectivity index is 1.56. The molecule has 0 bridgehead atoms. The first kappa shape index (κ1) is 14.9. The van der Waals surface area contributed by atoms with Crippen LogP contribution in [0.4, 0.5) is 4.79 Å². The van der Waals surface area contributed by atoms with E-state index in [2.05, 4.69) is 18.2 Å². The van der Waals surface area contributed by atoms with E-state index in [9.17, 15) is 9.59 Å². The van der Waals surface area contributed by atoms with Crippen molar-refractivity contribution in [1.82, 2.24) is 9.80 Å². The maximum atomic E-state index is 12.4. The van der Waals surface area contributed by atoms with Gasteiger partial charge >= 0.3 is 6.09 Å². The zero-order valence-electron chi connectivity index (χ0n) is 13.0. The van der Waals surface area contributed by atoms with E-state index < -0.39 is 0 Å². The van der Waals surface area contributed by atoms with Crippen LogP contribution in [0.15, 0.2) is 18.2 Å². The standard InChI is InChI=1S/C17H22N2O3/c1-22-17(21)19-9-7-18(8-10-19)16(20)12-13-5-6-14-3-2-4-15(14)11-13/h5-6,11H,2-4,7-10,12H2,1H3. The van der Waals surface area contributed by atoms with Crippen LogP contribution in [0.2, 0.25) is 0 Å². The van der Waals surface area contributed by atoms with E-state index in [1.807, 2.05) is 4.90 Å². The molecule has 1 aromatic rings. The summed E-state index contributed by atoms with van der Waals surface area (Å²) in [4.78, 5) is 27.3. The van der Waals surface area contributed by atoms with Crippen LogP contribution in [0.25, 0.3) is 0 Å². The first-order valence-corrected chi connectivity index (χ1v) is 7.88. The summed E-state index contributed by atoms with van der Waals surface area (Å²) >= 11 is 0. The number of methoxy groups -OCH3 is 1. The first-order chi connectivity index (χ1) is 10.7. The summed E-state index contributed by atoms with van der Waals surface area (Å²) in [5.74, 6) is 0.141. The van der Waals surface area contributed by atoms with Crippen LogP contribution in [0.5, 0.6) is 0 Å². The molecule has 0 spiro atoms. The van der Waals surface area contributed by atoms with Gasteiger partial charge in [-0.3, -0.25) is 4.79 Å². The van der Waals surface area contributed by atoms with Crippen molar-refractivity contribution in [3.05, 3.63) is 34.9 Å². The first-order valence-electron chi connectivity index (χ1n) is 7.88. The van der Waals surface area contributed by atoms with Gasteiger partial charge in [-0.1, -0.05) is 18.2 Å². The molecule has 1 saturated heterocycles. The van der Waals surface area contributed by atoms with Gasteiger partial charge in [0.25, 0.3) is 0 Å². The Kier molecular flexibility index (Phi) is 4.32. The van der Waals surface area contributed by atoms with E-state index in [1.54, 1.807) is 4.90 Å². The van der Waals surface area contributed by atoms with E-state index in [1.165, 1.54) is 31.1 Å². The fourth-order valence-corrected chi connectivity index (χ4v) is 3.29. The molecular formula is C17H22N2O3. The van der Waals surface area contributed by atoms with Crippen molar-refractivity contribution < 1.29 is 14.3 Å². The number of piperazine rings is 1. The van der Waals surface area contributed by atoms with E-state index in [0.717, 1.165) is 12.0 Å². The maximum absolute atomic E-state index is 12.4. The van der Waals surface area contributed by atoms with Crippen LogP contribution in [0.3, 0.4) is 0 Å². The number of carbonyl (C=O) groups is 2. The molecule has 22 heavy (non-hydrogen) atoms. The lowest BCUT2D eigenvalue weighted by Gasteiger charge is -2.33. The number of ether oxygens (including phenoxy) is 1. The highest BCUT2D eigenvalue weighted by Gasteiger charge is 2.24. The van der Waals surface area contributed by atoms with Crippen LogP contribution in [-0.2, 0) is 28.8 Å². The number of carbonyl (C=O) groups excluding carboxylic acids is 2. The molecule has 0 N–H and O–H groups in total. The van der Waals surface area contributed by atoms with Gasteiger partial charge in [0.15, 0.2) is 0 Å². The molecule has 118 valence electrons. The lowest BCUT2D eigenvalue weighted by atomic mass is 10.0. The van der Waals surface area contributed by atoms with Gasteiger partial charge in [0.2, 0.25) is 5.91 Å². The number of rotatable bonds is 2. The minimum atomic E-state index is -0.314. The highest BCUT2D eigenvalue weighted by Crippen LogP contribution is 2.23. The Labute approximate surface area is 130 Å². The molecule has 0 atom stereocenters. The maximum Gasteiger partial charge on any atom is 0.409 e. The van der Waals surface area contributed by atoms with Gasteiger partial charge in [0, 0.05) is 26.2 Å². The molecule has 0 radical (unpaired) electrons. The van der Waals surface area contributed by atoms with Crippen LogP contribution in [-0.4, -0.2) is 55.1 Å². The molecule has 5 nitrogen and oxygen atoms in total. The van der Waals surface area contributed by atoms with Crippen molar-refractivity contribution in [3.8, 4) is 0 Å². The van der Waals surface area contributed by atoms with Crippen molar-refractivity contribution in [1.29, 1.82) is 0 Å². The molecule has 0 unspecified atom stereocenters. The van der Waals surface area contributed by atoms with Crippen molar-refractivity contribution in [3.63, 3.8) is 0 Å². The monoisotopic (exact) mass is 302 g/mol. The van der Waals surface area contributed by atoms with Gasteiger partial charge in [0.05, 0.1) is 13.5 Å². The zero-order chi connectivity index (χ0) is 15.5. The minimum Gasteiger partial charge on any atom is -0.453 e. The topological polar surface area (TPSA) is 49.9 Å². The van der Waals surface area contributed by atoms with Crippen LogP contribution in [0.1, 0.15) is 23.1 Å². The second-order valence-corrected chi connectivity index (χ2v) is 5.97. The fourth-order valence-electron chi connectivity index (χ4n) is 3.29. The lowest BCUT2D eigenvalue weighted by molar-refractivity contribution is -0.132. The van der Waals surface area contributed by atoms with Gasteiger partial charge in [-0.05, 0) is 36.0 Å². The zero-order valence-corrected chi connectivity index (χ0v) is 13.0. The van der Waals surface area contributed by atoms with Gasteiger partial charge in [-0.2, -0.15) is 0 Å². The van der Waals surface area contributed by atoms with Crippen LogP contribution >= 0.6 is 0 Å². The molecule has 5 heteroatoms. The molecule has 1 heterocycles. The Bertz CT molecular complexity index is 577. The van der Waals surface area contributed by atoms with Gasteiger partial charge in [-0.15, -0.1) is 0 Å². The molecule has 0 aromatic heterocycles. The minimum absolute atomic E-state index is 0.141. The summed E-state index contributed by atoms with van der Waals surface area (Å²) in [7, 11) is 1.38. The smallest absolute Gasteiger partial charge is 0.409 e. The summed E-state index contributed by atoms with van der Waals surface area (Å²) in [6.45, 7) is 2.25. The number of hydrogen-bond acceptors (Lipinski definition) is 3. The predicted molar refractivity (Wildman–Crippen MR) is 82.7 cm³/mol. The second-order valence-electron chi connectivity index (χ2n) is 5.97. The molecule has 2 amide bonds. The summed E-state index contributed by atoms with van der Waals surface area (Å²) in [5, 5.41) is 0. The number of benzene rings is 1. The Morgan fingerprint density at radius 1 is 1.05 bits per heavy atom. The van der Waals surface area contributed by atoms with E-state index >= 15 is 0 Å². The molecule has 1 fully saturated rings. The van der Waals surface area contributed by atoms with E-state index in [4.69, 9.17) is 4.74 Å². The third kappa shape index (κ3) is 3.08. The fraction of sp³-hybridized carbons (Fsp3) is 0.529. The highest BCUT2D eigenvalue weighted by molar-refractivity contribution is 5.79. The van der Waals surface area contributed by atoms with Crippen molar-refractivity contribution in [2.45, 2.75) is 25.7 Å². The van der Waals surface area contributed by atoms with E-state index in [-0.39, 0.29) is 12.0 Å². The van der Waals surface area contributed by atoms with E-state index in [0.29, 0.717) is 32.6 Å². The predicted octanol–water partition coefficient (Wildman–Crippen LogP) is 1.63. The molecule has 1 aliphatic carbocycles. The largest absolute Gasteiger partial charge is 0.453 e. The number of aryl methyl sites for hydroxylation is 2. The van der Waals surface area contributed by atoms with Crippen molar-refractivity contribution >= 4 is 12.0 Å². The summed E-state index contributed by atoms with van der Waals surface area (Å²) in [5.41, 5.74) is 3.93. The van der Waals surface area contributed by atoms with Gasteiger partial charge in [-0.25, -0.2) is 4.79 Å². The quantitative estimate of drug-likeness (QED) is 0.834. The average Bonchev–Trinajstić information content (AvgIpc) is 3.02. The van der Waals surface area contributed by atoms with Gasteiger partial charge < -0.3 is 14.5 Å². The molecule has 0 saturated carbocycles. The molecule has 2 aliphatic rings.